The van der Waals surface area contributed by atoms with E-state index in [1.54, 1.807) is 30.3 Å². The summed E-state index contributed by atoms with van der Waals surface area (Å²) in [5, 5.41) is 14.5. The van der Waals surface area contributed by atoms with Crippen LogP contribution in [-0.2, 0) is 22.6 Å². The molecule has 9 heteroatoms. The van der Waals surface area contributed by atoms with Gasteiger partial charge in [-0.2, -0.15) is 0 Å². The van der Waals surface area contributed by atoms with Crippen LogP contribution in [0.25, 0.3) is 0 Å². The maximum Gasteiger partial charge on any atom is 0.258 e. The van der Waals surface area contributed by atoms with Crippen molar-refractivity contribution in [1.82, 2.24) is 10.2 Å². The number of rotatable bonds is 8. The highest BCUT2D eigenvalue weighted by Crippen LogP contribution is 2.35. The smallest absolute Gasteiger partial charge is 0.258 e. The van der Waals surface area contributed by atoms with E-state index in [0.717, 1.165) is 49.8 Å². The van der Waals surface area contributed by atoms with Gasteiger partial charge in [-0.05, 0) is 80.8 Å². The molecule has 2 aromatic rings. The normalized spacial score (nSPS) is 24.1. The van der Waals surface area contributed by atoms with E-state index in [0.29, 0.717) is 27.2 Å². The van der Waals surface area contributed by atoms with E-state index in [1.807, 2.05) is 17.9 Å². The molecular weight excluding hydrogens is 523 g/mol. The zero-order valence-corrected chi connectivity index (χ0v) is 22.5. The van der Waals surface area contributed by atoms with Crippen LogP contribution in [0.3, 0.4) is 0 Å². The Kier molecular flexibility index (Phi) is 8.71. The number of likely N-dealkylation sites (tertiary alicyclic amines) is 1. The highest BCUT2D eigenvalue weighted by Gasteiger charge is 2.39. The van der Waals surface area contributed by atoms with Crippen LogP contribution in [0, 0.1) is 5.92 Å². The van der Waals surface area contributed by atoms with Crippen molar-refractivity contribution in [1.29, 1.82) is 0 Å². The molecule has 1 unspecified atom stereocenters. The van der Waals surface area contributed by atoms with Crippen LogP contribution < -0.4 is 10.1 Å². The Labute approximate surface area is 226 Å². The lowest BCUT2D eigenvalue weighted by atomic mass is 9.83. The Bertz CT molecular complexity index is 1110. The van der Waals surface area contributed by atoms with Crippen LogP contribution in [0.15, 0.2) is 36.4 Å². The van der Waals surface area contributed by atoms with E-state index in [9.17, 15) is 14.7 Å². The zero-order chi connectivity index (χ0) is 25.9. The van der Waals surface area contributed by atoms with Gasteiger partial charge in [-0.1, -0.05) is 46.9 Å². The molecule has 2 N–H and O–H groups in total. The Morgan fingerprint density at radius 1 is 1.08 bits per heavy atom. The summed E-state index contributed by atoms with van der Waals surface area (Å²) in [5.41, 5.74) is 1.04. The number of halogens is 3. The van der Waals surface area contributed by atoms with Gasteiger partial charge < -0.3 is 20.1 Å². The lowest BCUT2D eigenvalue weighted by Gasteiger charge is -2.37. The summed E-state index contributed by atoms with van der Waals surface area (Å²) in [6.45, 7) is 2.73. The van der Waals surface area contributed by atoms with E-state index < -0.39 is 5.60 Å². The van der Waals surface area contributed by atoms with Gasteiger partial charge in [-0.25, -0.2) is 0 Å². The molecular formula is C27H31Cl3N2O4. The molecule has 0 bridgehead atoms. The molecule has 194 valence electrons. The minimum Gasteiger partial charge on any atom is -0.484 e. The molecule has 1 saturated carbocycles. The molecule has 2 aliphatic rings. The molecule has 0 radical (unpaired) electrons. The van der Waals surface area contributed by atoms with Gasteiger partial charge in [0.1, 0.15) is 5.75 Å². The fourth-order valence-electron chi connectivity index (χ4n) is 4.96. The molecule has 2 fully saturated rings. The average molecular weight is 554 g/mol. The second-order valence-corrected chi connectivity index (χ2v) is 11.3. The van der Waals surface area contributed by atoms with Crippen LogP contribution in [0.4, 0.5) is 0 Å². The summed E-state index contributed by atoms with van der Waals surface area (Å²) in [5.74, 6) is 0.275. The first-order valence-corrected chi connectivity index (χ1v) is 13.4. The third-order valence-electron chi connectivity index (χ3n) is 7.18. The molecule has 6 nitrogen and oxygen atoms in total. The quantitative estimate of drug-likeness (QED) is 0.457. The summed E-state index contributed by atoms with van der Waals surface area (Å²) in [6, 6.07) is 10.6. The fourth-order valence-corrected chi connectivity index (χ4v) is 5.68. The molecule has 2 amide bonds. The molecule has 1 aliphatic carbocycles. The van der Waals surface area contributed by atoms with Gasteiger partial charge in [-0.15, -0.1) is 0 Å². The summed E-state index contributed by atoms with van der Waals surface area (Å²) in [4.78, 5) is 27.3. The lowest BCUT2D eigenvalue weighted by Crippen LogP contribution is -2.43. The number of benzene rings is 2. The number of hydrogen-bond acceptors (Lipinski definition) is 4. The van der Waals surface area contributed by atoms with Crippen molar-refractivity contribution < 1.29 is 19.4 Å². The van der Waals surface area contributed by atoms with Crippen LogP contribution in [0.2, 0.25) is 15.1 Å². The predicted molar refractivity (Wildman–Crippen MR) is 142 cm³/mol. The van der Waals surface area contributed by atoms with Crippen LogP contribution in [0.5, 0.6) is 5.75 Å². The molecule has 0 aromatic heterocycles. The zero-order valence-electron chi connectivity index (χ0n) is 20.2. The lowest BCUT2D eigenvalue weighted by molar-refractivity contribution is -0.134. The molecule has 0 spiro atoms. The number of hydrogen-bond donors (Lipinski definition) is 2. The van der Waals surface area contributed by atoms with E-state index in [4.69, 9.17) is 39.5 Å². The summed E-state index contributed by atoms with van der Waals surface area (Å²) in [6.07, 6.45) is 4.52. The Balaban J connectivity index is 1.25. The van der Waals surface area contributed by atoms with Crippen molar-refractivity contribution in [3.8, 4) is 5.75 Å². The van der Waals surface area contributed by atoms with Crippen molar-refractivity contribution in [2.24, 2.45) is 5.92 Å². The van der Waals surface area contributed by atoms with Gasteiger partial charge >= 0.3 is 0 Å². The standard InChI is InChI=1S/C27H31Cl3N2O4/c1-27(35)9-6-21(7-10-27)32-11-8-18(26(32)34)12-17-3-5-22(14-24(17)30)36-16-25(33)31-15-19-2-4-20(28)13-23(19)29/h2-5,13-14,18,21,35H,6-12,15-16H2,1H3,(H,31,33). The van der Waals surface area contributed by atoms with Gasteiger partial charge in [-0.3, -0.25) is 9.59 Å². The van der Waals surface area contributed by atoms with Gasteiger partial charge in [0.15, 0.2) is 6.61 Å². The number of amides is 2. The highest BCUT2D eigenvalue weighted by atomic mass is 35.5. The Morgan fingerprint density at radius 3 is 2.47 bits per heavy atom. The van der Waals surface area contributed by atoms with E-state index in [-0.39, 0.29) is 36.9 Å². The first-order chi connectivity index (χ1) is 17.1. The molecule has 36 heavy (non-hydrogen) atoms. The van der Waals surface area contributed by atoms with Crippen LogP contribution >= 0.6 is 34.8 Å². The van der Waals surface area contributed by atoms with Crippen molar-refractivity contribution in [2.45, 2.75) is 63.6 Å². The van der Waals surface area contributed by atoms with Gasteiger partial charge in [0, 0.05) is 40.1 Å². The number of nitrogens with one attached hydrogen (secondary N) is 1. The number of nitrogens with zero attached hydrogens (tertiary/aromatic N) is 1. The first kappa shape index (κ1) is 27.1. The van der Waals surface area contributed by atoms with Crippen LogP contribution in [0.1, 0.15) is 50.2 Å². The molecule has 1 heterocycles. The number of ether oxygens (including phenoxy) is 1. The monoisotopic (exact) mass is 552 g/mol. The third kappa shape index (κ3) is 6.86. The van der Waals surface area contributed by atoms with Crippen molar-refractivity contribution >= 4 is 46.6 Å². The van der Waals surface area contributed by atoms with Gasteiger partial charge in [0.25, 0.3) is 5.91 Å². The van der Waals surface area contributed by atoms with E-state index >= 15 is 0 Å². The molecule has 2 aromatic carbocycles. The van der Waals surface area contributed by atoms with Crippen molar-refractivity contribution in [3.63, 3.8) is 0 Å². The maximum absolute atomic E-state index is 13.1. The number of aliphatic hydroxyl groups is 1. The third-order valence-corrected chi connectivity index (χ3v) is 8.11. The molecule has 1 atom stereocenters. The minimum atomic E-state index is -0.610. The second kappa shape index (κ2) is 11.6. The number of carbonyl (C=O) groups excluding carboxylic acids is 2. The average Bonchev–Trinajstić information content (AvgIpc) is 3.18. The second-order valence-electron chi connectivity index (χ2n) is 10.0. The number of carbonyl (C=O) groups is 2. The van der Waals surface area contributed by atoms with Crippen molar-refractivity contribution in [3.05, 3.63) is 62.6 Å². The fraction of sp³-hybridized carbons (Fsp3) is 0.481. The Morgan fingerprint density at radius 2 is 1.78 bits per heavy atom. The summed E-state index contributed by atoms with van der Waals surface area (Å²) in [7, 11) is 0. The molecule has 4 rings (SSSR count). The predicted octanol–water partition coefficient (Wildman–Crippen LogP) is 5.43. The minimum absolute atomic E-state index is 0.0952. The highest BCUT2D eigenvalue weighted by molar-refractivity contribution is 6.35. The van der Waals surface area contributed by atoms with Gasteiger partial charge in [0.2, 0.25) is 5.91 Å². The van der Waals surface area contributed by atoms with E-state index in [1.165, 1.54) is 0 Å². The molecule has 1 aliphatic heterocycles. The largest absolute Gasteiger partial charge is 0.484 e. The molecule has 1 saturated heterocycles. The van der Waals surface area contributed by atoms with Crippen molar-refractivity contribution in [2.75, 3.05) is 13.2 Å². The first-order valence-electron chi connectivity index (χ1n) is 12.3. The summed E-state index contributed by atoms with van der Waals surface area (Å²) < 4.78 is 5.60. The maximum atomic E-state index is 13.1. The summed E-state index contributed by atoms with van der Waals surface area (Å²) >= 11 is 18.5. The SMILES string of the molecule is CC1(O)CCC(N2CCC(Cc3ccc(OCC(=O)NCc4ccc(Cl)cc4Cl)cc3Cl)C2=O)CC1. The topological polar surface area (TPSA) is 78.9 Å². The van der Waals surface area contributed by atoms with Crippen LogP contribution in [-0.4, -0.2) is 46.6 Å². The Hall–Kier alpha value is -1.99. The van der Waals surface area contributed by atoms with Gasteiger partial charge in [0.05, 0.1) is 5.60 Å². The van der Waals surface area contributed by atoms with E-state index in [2.05, 4.69) is 5.32 Å².